The molecule has 1 aromatic heterocycles. The summed E-state index contributed by atoms with van der Waals surface area (Å²) in [5.74, 6) is 0.122. The molecule has 3 nitrogen and oxygen atoms in total. The zero-order chi connectivity index (χ0) is 13.3. The SMILES string of the molecule is Cc1cc(CC(=O)c2cc(Br)ccc2C)n(C)n1. The monoisotopic (exact) mass is 306 g/mol. The lowest BCUT2D eigenvalue weighted by molar-refractivity contribution is 0.0990. The molecule has 4 heteroatoms. The van der Waals surface area contributed by atoms with Crippen LogP contribution in [0.2, 0.25) is 0 Å². The van der Waals surface area contributed by atoms with Gasteiger partial charge in [0.05, 0.1) is 12.1 Å². The third-order valence-electron chi connectivity index (χ3n) is 2.94. The Morgan fingerprint density at radius 1 is 1.33 bits per heavy atom. The predicted molar refractivity (Wildman–Crippen MR) is 74.9 cm³/mol. The van der Waals surface area contributed by atoms with Gasteiger partial charge in [0.25, 0.3) is 0 Å². The number of hydrogen-bond acceptors (Lipinski definition) is 2. The first-order valence-electron chi connectivity index (χ1n) is 5.76. The minimum absolute atomic E-state index is 0.122. The van der Waals surface area contributed by atoms with Crippen molar-refractivity contribution in [1.29, 1.82) is 0 Å². The number of carbonyl (C=O) groups excluding carboxylic acids is 1. The molecule has 0 radical (unpaired) electrons. The lowest BCUT2D eigenvalue weighted by Crippen LogP contribution is -2.09. The van der Waals surface area contributed by atoms with Gasteiger partial charge in [-0.15, -0.1) is 0 Å². The lowest BCUT2D eigenvalue weighted by Gasteiger charge is -2.06. The van der Waals surface area contributed by atoms with Crippen molar-refractivity contribution in [3.63, 3.8) is 0 Å². The Morgan fingerprint density at radius 3 is 2.67 bits per heavy atom. The van der Waals surface area contributed by atoms with Crippen LogP contribution in [0.5, 0.6) is 0 Å². The number of nitrogens with zero attached hydrogens (tertiary/aromatic N) is 2. The zero-order valence-corrected chi connectivity index (χ0v) is 12.3. The van der Waals surface area contributed by atoms with E-state index in [2.05, 4.69) is 21.0 Å². The highest BCUT2D eigenvalue weighted by Gasteiger charge is 2.13. The van der Waals surface area contributed by atoms with Crippen molar-refractivity contribution in [3.05, 3.63) is 51.3 Å². The Bertz CT molecular complexity index is 602. The van der Waals surface area contributed by atoms with E-state index in [0.717, 1.165) is 27.0 Å². The maximum atomic E-state index is 12.3. The molecule has 18 heavy (non-hydrogen) atoms. The lowest BCUT2D eigenvalue weighted by atomic mass is 10.0. The minimum atomic E-state index is 0.122. The van der Waals surface area contributed by atoms with E-state index in [-0.39, 0.29) is 5.78 Å². The van der Waals surface area contributed by atoms with Crippen molar-refractivity contribution in [2.45, 2.75) is 20.3 Å². The molecule has 1 heterocycles. The molecule has 2 aromatic rings. The summed E-state index contributed by atoms with van der Waals surface area (Å²) < 4.78 is 2.69. The van der Waals surface area contributed by atoms with Crippen molar-refractivity contribution >= 4 is 21.7 Å². The van der Waals surface area contributed by atoms with Crippen LogP contribution in [0.1, 0.15) is 27.3 Å². The smallest absolute Gasteiger partial charge is 0.169 e. The highest BCUT2D eigenvalue weighted by Crippen LogP contribution is 2.18. The van der Waals surface area contributed by atoms with Crippen LogP contribution < -0.4 is 0 Å². The van der Waals surface area contributed by atoms with Crippen LogP contribution in [0.4, 0.5) is 0 Å². The minimum Gasteiger partial charge on any atom is -0.294 e. The number of aromatic nitrogens is 2. The van der Waals surface area contributed by atoms with Gasteiger partial charge in [0.1, 0.15) is 0 Å². The van der Waals surface area contributed by atoms with Crippen molar-refractivity contribution in [2.75, 3.05) is 0 Å². The van der Waals surface area contributed by atoms with E-state index in [9.17, 15) is 4.79 Å². The summed E-state index contributed by atoms with van der Waals surface area (Å²) in [4.78, 5) is 12.3. The molecule has 0 aliphatic rings. The van der Waals surface area contributed by atoms with Crippen LogP contribution in [0.15, 0.2) is 28.7 Å². The predicted octanol–water partition coefficient (Wildman–Crippen LogP) is 3.22. The fraction of sp³-hybridized carbons (Fsp3) is 0.286. The molecule has 0 N–H and O–H groups in total. The zero-order valence-electron chi connectivity index (χ0n) is 10.7. The number of ketones is 1. The molecular formula is C14H15BrN2O. The first-order chi connectivity index (χ1) is 8.47. The Morgan fingerprint density at radius 2 is 2.06 bits per heavy atom. The van der Waals surface area contributed by atoms with Gasteiger partial charge in [-0.1, -0.05) is 22.0 Å². The fourth-order valence-corrected chi connectivity index (χ4v) is 2.35. The standard InChI is InChI=1S/C14H15BrN2O/c1-9-4-5-11(15)7-13(9)14(18)8-12-6-10(2)16-17(12)3/h4-7H,8H2,1-3H3. The highest BCUT2D eigenvalue weighted by molar-refractivity contribution is 9.10. The molecule has 0 saturated heterocycles. The third kappa shape index (κ3) is 2.70. The van der Waals surface area contributed by atoms with E-state index in [4.69, 9.17) is 0 Å². The van der Waals surface area contributed by atoms with Gasteiger partial charge in [0.15, 0.2) is 5.78 Å². The van der Waals surface area contributed by atoms with Crippen LogP contribution in [0.25, 0.3) is 0 Å². The third-order valence-corrected chi connectivity index (χ3v) is 3.43. The van der Waals surface area contributed by atoms with Crippen molar-refractivity contribution < 1.29 is 4.79 Å². The molecule has 0 amide bonds. The number of benzene rings is 1. The van der Waals surface area contributed by atoms with Crippen LogP contribution in [-0.4, -0.2) is 15.6 Å². The van der Waals surface area contributed by atoms with Crippen LogP contribution in [0.3, 0.4) is 0 Å². The Labute approximate surface area is 115 Å². The largest absolute Gasteiger partial charge is 0.294 e. The molecule has 0 aliphatic heterocycles. The summed E-state index contributed by atoms with van der Waals surface area (Å²) in [6, 6.07) is 7.72. The quantitative estimate of drug-likeness (QED) is 0.816. The number of hydrogen-bond donors (Lipinski definition) is 0. The van der Waals surface area contributed by atoms with Crippen molar-refractivity contribution in [3.8, 4) is 0 Å². The summed E-state index contributed by atoms with van der Waals surface area (Å²) in [6.07, 6.45) is 0.384. The van der Waals surface area contributed by atoms with Gasteiger partial charge in [-0.05, 0) is 37.6 Å². The van der Waals surface area contributed by atoms with Gasteiger partial charge < -0.3 is 0 Å². The Kier molecular flexibility index (Phi) is 3.66. The summed E-state index contributed by atoms with van der Waals surface area (Å²) in [6.45, 7) is 3.88. The van der Waals surface area contributed by atoms with Crippen molar-refractivity contribution in [2.24, 2.45) is 7.05 Å². The normalized spacial score (nSPS) is 10.7. The van der Waals surface area contributed by atoms with Crippen LogP contribution >= 0.6 is 15.9 Å². The maximum Gasteiger partial charge on any atom is 0.169 e. The number of halogens is 1. The van der Waals surface area contributed by atoms with E-state index in [1.807, 2.05) is 45.2 Å². The van der Waals surface area contributed by atoms with E-state index in [0.29, 0.717) is 6.42 Å². The molecule has 2 rings (SSSR count). The number of aryl methyl sites for hydroxylation is 3. The van der Waals surface area contributed by atoms with Gasteiger partial charge in [0, 0.05) is 22.8 Å². The fourth-order valence-electron chi connectivity index (χ4n) is 1.98. The van der Waals surface area contributed by atoms with E-state index in [1.165, 1.54) is 0 Å². The maximum absolute atomic E-state index is 12.3. The molecule has 0 atom stereocenters. The van der Waals surface area contributed by atoms with E-state index in [1.54, 1.807) is 4.68 Å². The summed E-state index contributed by atoms with van der Waals surface area (Å²) in [5.41, 5.74) is 3.65. The van der Waals surface area contributed by atoms with E-state index >= 15 is 0 Å². The van der Waals surface area contributed by atoms with Gasteiger partial charge in [-0.3, -0.25) is 9.48 Å². The Balaban J connectivity index is 2.27. The molecule has 94 valence electrons. The average Bonchev–Trinajstić information content (AvgIpc) is 2.61. The average molecular weight is 307 g/mol. The van der Waals surface area contributed by atoms with E-state index < -0.39 is 0 Å². The van der Waals surface area contributed by atoms with Gasteiger partial charge in [-0.2, -0.15) is 5.10 Å². The topological polar surface area (TPSA) is 34.9 Å². The second-order valence-electron chi connectivity index (χ2n) is 4.46. The van der Waals surface area contributed by atoms with Crippen LogP contribution in [0, 0.1) is 13.8 Å². The Hall–Kier alpha value is -1.42. The first kappa shape index (κ1) is 13.0. The highest BCUT2D eigenvalue weighted by atomic mass is 79.9. The van der Waals surface area contributed by atoms with Crippen LogP contribution in [-0.2, 0) is 13.5 Å². The molecule has 0 bridgehead atoms. The molecule has 0 unspecified atom stereocenters. The molecule has 0 fully saturated rings. The number of Topliss-reactive ketones (excluding diaryl/α,β-unsaturated/α-hetero) is 1. The van der Waals surface area contributed by atoms with Gasteiger partial charge in [-0.25, -0.2) is 0 Å². The molecular weight excluding hydrogens is 292 g/mol. The molecule has 0 aliphatic carbocycles. The van der Waals surface area contributed by atoms with Gasteiger partial charge in [0.2, 0.25) is 0 Å². The number of rotatable bonds is 3. The number of carbonyl (C=O) groups is 1. The summed E-state index contributed by atoms with van der Waals surface area (Å²) in [7, 11) is 1.86. The summed E-state index contributed by atoms with van der Waals surface area (Å²) >= 11 is 3.40. The molecule has 0 spiro atoms. The second kappa shape index (κ2) is 5.06. The summed E-state index contributed by atoms with van der Waals surface area (Å²) in [5, 5.41) is 4.25. The second-order valence-corrected chi connectivity index (χ2v) is 5.38. The first-order valence-corrected chi connectivity index (χ1v) is 6.55. The van der Waals surface area contributed by atoms with Crippen molar-refractivity contribution in [1.82, 2.24) is 9.78 Å². The molecule has 1 aromatic carbocycles. The molecule has 0 saturated carbocycles. The van der Waals surface area contributed by atoms with Gasteiger partial charge >= 0.3 is 0 Å².